The van der Waals surface area contributed by atoms with Crippen LogP contribution in [0.4, 0.5) is 8.78 Å². The Morgan fingerprint density at radius 3 is 2.71 bits per heavy atom. The number of halogens is 3. The first kappa shape index (κ1) is 14.2. The third kappa shape index (κ3) is 3.68. The number of pyridine rings is 1. The summed E-state index contributed by atoms with van der Waals surface area (Å²) in [5, 5.41) is 3.68. The van der Waals surface area contributed by atoms with Crippen molar-refractivity contribution in [3.8, 4) is 11.6 Å². The fourth-order valence-corrected chi connectivity index (χ4v) is 2.07. The molecule has 1 aliphatic carbocycles. The van der Waals surface area contributed by atoms with E-state index in [4.69, 9.17) is 16.3 Å². The van der Waals surface area contributed by atoms with Gasteiger partial charge in [-0.2, -0.15) is 0 Å². The predicted octanol–water partition coefficient (Wildman–Crippen LogP) is 4.06. The van der Waals surface area contributed by atoms with Gasteiger partial charge >= 0.3 is 0 Å². The molecular formula is C15H13ClF2N2O. The van der Waals surface area contributed by atoms with Crippen LogP contribution < -0.4 is 10.1 Å². The molecule has 1 N–H and O–H groups in total. The zero-order valence-electron chi connectivity index (χ0n) is 11.1. The molecular weight excluding hydrogens is 298 g/mol. The van der Waals surface area contributed by atoms with Crippen LogP contribution in [0.3, 0.4) is 0 Å². The van der Waals surface area contributed by atoms with Crippen molar-refractivity contribution in [3.63, 3.8) is 0 Å². The number of ether oxygens (including phenoxy) is 1. The van der Waals surface area contributed by atoms with Gasteiger partial charge < -0.3 is 10.1 Å². The Morgan fingerprint density at radius 1 is 1.24 bits per heavy atom. The van der Waals surface area contributed by atoms with Crippen LogP contribution in [0.15, 0.2) is 30.5 Å². The van der Waals surface area contributed by atoms with Crippen LogP contribution in [0.2, 0.25) is 5.02 Å². The third-order valence-corrected chi connectivity index (χ3v) is 3.41. The van der Waals surface area contributed by atoms with E-state index in [2.05, 4.69) is 10.3 Å². The highest BCUT2D eigenvalue weighted by Gasteiger charge is 2.20. The van der Waals surface area contributed by atoms with Gasteiger partial charge in [0.25, 0.3) is 0 Å². The summed E-state index contributed by atoms with van der Waals surface area (Å²) < 4.78 is 31.3. The highest BCUT2D eigenvalue weighted by Crippen LogP contribution is 2.28. The van der Waals surface area contributed by atoms with E-state index < -0.39 is 11.6 Å². The maximum atomic E-state index is 13.1. The first-order valence-corrected chi connectivity index (χ1v) is 7.00. The molecule has 0 spiro atoms. The van der Waals surface area contributed by atoms with Crippen molar-refractivity contribution >= 4 is 11.6 Å². The van der Waals surface area contributed by atoms with Crippen molar-refractivity contribution in [1.82, 2.24) is 10.3 Å². The molecule has 1 fully saturated rings. The maximum Gasteiger partial charge on any atom is 0.238 e. The molecule has 0 radical (unpaired) electrons. The smallest absolute Gasteiger partial charge is 0.238 e. The summed E-state index contributed by atoms with van der Waals surface area (Å²) in [4.78, 5) is 4.11. The van der Waals surface area contributed by atoms with E-state index in [0.717, 1.165) is 17.7 Å². The number of hydrogen-bond donors (Lipinski definition) is 1. The summed E-state index contributed by atoms with van der Waals surface area (Å²) in [6.45, 7) is 0.697. The topological polar surface area (TPSA) is 34.1 Å². The first-order valence-electron chi connectivity index (χ1n) is 6.62. The summed E-state index contributed by atoms with van der Waals surface area (Å²) in [5.41, 5.74) is 0.949. The van der Waals surface area contributed by atoms with E-state index in [1.165, 1.54) is 18.9 Å². The van der Waals surface area contributed by atoms with Gasteiger partial charge in [-0.15, -0.1) is 0 Å². The Morgan fingerprint density at radius 2 is 2.05 bits per heavy atom. The maximum absolute atomic E-state index is 13.1. The lowest BCUT2D eigenvalue weighted by molar-refractivity contribution is 0.447. The number of rotatable bonds is 5. The molecule has 2 aromatic rings. The van der Waals surface area contributed by atoms with Crippen molar-refractivity contribution in [3.05, 3.63) is 52.7 Å². The van der Waals surface area contributed by atoms with Gasteiger partial charge in [0, 0.05) is 24.8 Å². The van der Waals surface area contributed by atoms with Crippen molar-refractivity contribution in [1.29, 1.82) is 0 Å². The quantitative estimate of drug-likeness (QED) is 0.904. The van der Waals surface area contributed by atoms with Gasteiger partial charge in [0.15, 0.2) is 11.6 Å². The molecule has 0 atom stereocenters. The monoisotopic (exact) mass is 310 g/mol. The van der Waals surface area contributed by atoms with Gasteiger partial charge in [0.1, 0.15) is 10.8 Å². The molecule has 1 aliphatic rings. The van der Waals surface area contributed by atoms with Crippen molar-refractivity contribution in [2.24, 2.45) is 0 Å². The summed E-state index contributed by atoms with van der Waals surface area (Å²) in [6.07, 6.45) is 4.06. The number of nitrogens with one attached hydrogen (secondary N) is 1. The number of nitrogens with zero attached hydrogens (tertiary/aromatic N) is 1. The Bertz CT molecular complexity index is 662. The summed E-state index contributed by atoms with van der Waals surface area (Å²) in [5.74, 6) is -1.60. The number of hydrogen-bond acceptors (Lipinski definition) is 3. The van der Waals surface area contributed by atoms with Crippen molar-refractivity contribution < 1.29 is 13.5 Å². The molecule has 0 saturated heterocycles. The van der Waals surface area contributed by atoms with E-state index >= 15 is 0 Å². The third-order valence-electron chi connectivity index (χ3n) is 3.14. The lowest BCUT2D eigenvalue weighted by Gasteiger charge is -2.09. The van der Waals surface area contributed by atoms with Crippen LogP contribution in [0, 0.1) is 11.6 Å². The Kier molecular flexibility index (Phi) is 4.03. The minimum absolute atomic E-state index is 0.146. The molecule has 21 heavy (non-hydrogen) atoms. The fraction of sp³-hybridized carbons (Fsp3) is 0.267. The Hall–Kier alpha value is -1.72. The molecule has 3 nitrogen and oxygen atoms in total. The largest absolute Gasteiger partial charge is 0.437 e. The zero-order chi connectivity index (χ0) is 14.8. The van der Waals surface area contributed by atoms with E-state index in [1.807, 2.05) is 0 Å². The van der Waals surface area contributed by atoms with Crippen LogP contribution in [0.25, 0.3) is 0 Å². The van der Waals surface area contributed by atoms with Gasteiger partial charge in [-0.25, -0.2) is 13.8 Å². The molecule has 0 unspecified atom stereocenters. The second kappa shape index (κ2) is 5.95. The van der Waals surface area contributed by atoms with Crippen molar-refractivity contribution in [2.75, 3.05) is 0 Å². The number of benzene rings is 1. The SMILES string of the molecule is Fc1ccc(Oc2ncc(CNC3CC3)cc2Cl)cc1F. The fourth-order valence-electron chi connectivity index (χ4n) is 1.84. The summed E-state index contributed by atoms with van der Waals surface area (Å²) in [6, 6.07) is 5.61. The lowest BCUT2D eigenvalue weighted by atomic mass is 10.3. The predicted molar refractivity (Wildman–Crippen MR) is 75.5 cm³/mol. The molecule has 0 bridgehead atoms. The van der Waals surface area contributed by atoms with Gasteiger partial charge in [-0.1, -0.05) is 11.6 Å². The minimum atomic E-state index is -0.978. The van der Waals surface area contributed by atoms with Crippen LogP contribution in [-0.4, -0.2) is 11.0 Å². The first-order chi connectivity index (χ1) is 10.1. The molecule has 1 aromatic carbocycles. The standard InChI is InChI=1S/C15H13ClF2N2O/c16-12-5-9(7-19-10-1-2-10)8-20-15(12)21-11-3-4-13(17)14(18)6-11/h3-6,8,10,19H,1-2,7H2. The average molecular weight is 311 g/mol. The van der Waals surface area contributed by atoms with E-state index in [9.17, 15) is 8.78 Å². The van der Waals surface area contributed by atoms with Crippen LogP contribution >= 0.6 is 11.6 Å². The highest BCUT2D eigenvalue weighted by molar-refractivity contribution is 6.31. The molecule has 3 rings (SSSR count). The Labute approximate surface area is 125 Å². The lowest BCUT2D eigenvalue weighted by Crippen LogP contribution is -2.15. The average Bonchev–Trinajstić information content (AvgIpc) is 3.27. The van der Waals surface area contributed by atoms with E-state index in [0.29, 0.717) is 17.6 Å². The molecule has 1 heterocycles. The van der Waals surface area contributed by atoms with Gasteiger partial charge in [0.05, 0.1) is 0 Å². The summed E-state index contributed by atoms with van der Waals surface area (Å²) in [7, 11) is 0. The van der Waals surface area contributed by atoms with Gasteiger partial charge in [0.2, 0.25) is 5.88 Å². The summed E-state index contributed by atoms with van der Waals surface area (Å²) >= 11 is 6.10. The Balaban J connectivity index is 1.70. The minimum Gasteiger partial charge on any atom is -0.437 e. The van der Waals surface area contributed by atoms with Gasteiger partial charge in [-0.05, 0) is 36.6 Å². The molecule has 0 aliphatic heterocycles. The van der Waals surface area contributed by atoms with Crippen LogP contribution in [0.1, 0.15) is 18.4 Å². The van der Waals surface area contributed by atoms with E-state index in [-0.39, 0.29) is 11.6 Å². The second-order valence-corrected chi connectivity index (χ2v) is 5.37. The number of aromatic nitrogens is 1. The molecule has 1 aromatic heterocycles. The molecule has 6 heteroatoms. The van der Waals surface area contributed by atoms with Crippen molar-refractivity contribution in [2.45, 2.75) is 25.4 Å². The van der Waals surface area contributed by atoms with Gasteiger partial charge in [-0.3, -0.25) is 0 Å². The van der Waals surface area contributed by atoms with E-state index in [1.54, 1.807) is 12.3 Å². The highest BCUT2D eigenvalue weighted by atomic mass is 35.5. The normalized spacial score (nSPS) is 14.2. The molecule has 1 saturated carbocycles. The zero-order valence-corrected chi connectivity index (χ0v) is 11.8. The van der Waals surface area contributed by atoms with Crippen LogP contribution in [0.5, 0.6) is 11.6 Å². The molecule has 110 valence electrons. The molecule has 0 amide bonds. The van der Waals surface area contributed by atoms with Crippen LogP contribution in [-0.2, 0) is 6.54 Å². The second-order valence-electron chi connectivity index (χ2n) is 4.96.